The van der Waals surface area contributed by atoms with Crippen LogP contribution in [0, 0.1) is 19.8 Å². The molecule has 0 N–H and O–H groups in total. The van der Waals surface area contributed by atoms with Crippen molar-refractivity contribution in [2.75, 3.05) is 6.61 Å². The number of aldehydes is 1. The lowest BCUT2D eigenvalue weighted by molar-refractivity contribution is 0.112. The quantitative estimate of drug-likeness (QED) is 0.705. The van der Waals surface area contributed by atoms with Crippen LogP contribution < -0.4 is 4.74 Å². The molecule has 0 aromatic heterocycles. The summed E-state index contributed by atoms with van der Waals surface area (Å²) in [4.78, 5) is 10.7. The third kappa shape index (κ3) is 2.38. The molecular weight excluding hydrogens is 188 g/mol. The van der Waals surface area contributed by atoms with Crippen molar-refractivity contribution < 1.29 is 9.53 Å². The van der Waals surface area contributed by atoms with Crippen molar-refractivity contribution in [3.05, 3.63) is 28.8 Å². The minimum absolute atomic E-state index is 0.726. The maximum Gasteiger partial charge on any atom is 0.150 e. The van der Waals surface area contributed by atoms with Crippen molar-refractivity contribution in [2.24, 2.45) is 5.92 Å². The fourth-order valence-corrected chi connectivity index (χ4v) is 1.77. The first kappa shape index (κ1) is 10.2. The van der Waals surface area contributed by atoms with Crippen LogP contribution in [0.1, 0.15) is 34.3 Å². The van der Waals surface area contributed by atoms with E-state index in [2.05, 4.69) is 0 Å². The van der Waals surface area contributed by atoms with Crippen LogP contribution in [0.15, 0.2) is 12.1 Å². The molecule has 0 aliphatic heterocycles. The molecule has 0 unspecified atom stereocenters. The van der Waals surface area contributed by atoms with E-state index in [1.807, 2.05) is 26.0 Å². The number of aryl methyl sites for hydroxylation is 2. The Balaban J connectivity index is 2.17. The van der Waals surface area contributed by atoms with Crippen LogP contribution >= 0.6 is 0 Å². The van der Waals surface area contributed by atoms with E-state index in [1.54, 1.807) is 0 Å². The highest BCUT2D eigenvalue weighted by Gasteiger charge is 2.22. The summed E-state index contributed by atoms with van der Waals surface area (Å²) in [7, 11) is 0. The molecule has 0 spiro atoms. The smallest absolute Gasteiger partial charge is 0.150 e. The van der Waals surface area contributed by atoms with Gasteiger partial charge >= 0.3 is 0 Å². The van der Waals surface area contributed by atoms with Gasteiger partial charge in [0.05, 0.1) is 6.61 Å². The standard InChI is InChI=1S/C13H16O2/c1-9-5-12(7-14)6-10(2)13(9)15-8-11-3-4-11/h5-7,11H,3-4,8H2,1-2H3. The van der Waals surface area contributed by atoms with E-state index in [-0.39, 0.29) is 0 Å². The number of rotatable bonds is 4. The number of carbonyl (C=O) groups is 1. The lowest BCUT2D eigenvalue weighted by atomic mass is 10.1. The van der Waals surface area contributed by atoms with Crippen molar-refractivity contribution in [3.8, 4) is 5.75 Å². The van der Waals surface area contributed by atoms with Gasteiger partial charge in [-0.05, 0) is 55.9 Å². The zero-order valence-corrected chi connectivity index (χ0v) is 9.25. The summed E-state index contributed by atoms with van der Waals surface area (Å²) >= 11 is 0. The molecule has 2 nitrogen and oxygen atoms in total. The van der Waals surface area contributed by atoms with Gasteiger partial charge < -0.3 is 4.74 Å². The fraction of sp³-hybridized carbons (Fsp3) is 0.462. The van der Waals surface area contributed by atoms with E-state index in [1.165, 1.54) is 12.8 Å². The van der Waals surface area contributed by atoms with Gasteiger partial charge in [-0.15, -0.1) is 0 Å². The summed E-state index contributed by atoms with van der Waals surface area (Å²) in [6.45, 7) is 4.80. The minimum Gasteiger partial charge on any atom is -0.493 e. The maximum atomic E-state index is 10.7. The second-order valence-electron chi connectivity index (χ2n) is 4.36. The highest BCUT2D eigenvalue weighted by atomic mass is 16.5. The zero-order valence-electron chi connectivity index (χ0n) is 9.25. The molecule has 0 radical (unpaired) electrons. The van der Waals surface area contributed by atoms with E-state index >= 15 is 0 Å². The Morgan fingerprint density at radius 2 is 1.93 bits per heavy atom. The summed E-state index contributed by atoms with van der Waals surface area (Å²) in [5, 5.41) is 0. The predicted octanol–water partition coefficient (Wildman–Crippen LogP) is 2.90. The predicted molar refractivity (Wildman–Crippen MR) is 59.5 cm³/mol. The molecular formula is C13H16O2. The van der Waals surface area contributed by atoms with Crippen LogP contribution in [0.25, 0.3) is 0 Å². The molecule has 1 aromatic carbocycles. The van der Waals surface area contributed by atoms with E-state index in [0.29, 0.717) is 0 Å². The van der Waals surface area contributed by atoms with Gasteiger partial charge in [0.2, 0.25) is 0 Å². The Morgan fingerprint density at radius 1 is 1.33 bits per heavy atom. The van der Waals surface area contributed by atoms with Gasteiger partial charge in [0, 0.05) is 5.56 Å². The third-order valence-corrected chi connectivity index (χ3v) is 2.78. The van der Waals surface area contributed by atoms with Crippen LogP contribution in [0.4, 0.5) is 0 Å². The van der Waals surface area contributed by atoms with E-state index in [9.17, 15) is 4.79 Å². The van der Waals surface area contributed by atoms with Gasteiger partial charge in [-0.2, -0.15) is 0 Å². The maximum absolute atomic E-state index is 10.7. The molecule has 15 heavy (non-hydrogen) atoms. The Hall–Kier alpha value is -1.31. The first-order chi connectivity index (χ1) is 7.20. The Labute approximate surface area is 90.3 Å². The van der Waals surface area contributed by atoms with Gasteiger partial charge in [0.25, 0.3) is 0 Å². The van der Waals surface area contributed by atoms with Crippen molar-refractivity contribution in [1.29, 1.82) is 0 Å². The number of ether oxygens (including phenoxy) is 1. The molecule has 0 bridgehead atoms. The summed E-state index contributed by atoms with van der Waals surface area (Å²) in [6.07, 6.45) is 3.47. The normalized spacial score (nSPS) is 15.1. The largest absolute Gasteiger partial charge is 0.493 e. The second kappa shape index (κ2) is 4.05. The first-order valence-electron chi connectivity index (χ1n) is 5.40. The highest BCUT2D eigenvalue weighted by molar-refractivity contribution is 5.76. The SMILES string of the molecule is Cc1cc(C=O)cc(C)c1OCC1CC1. The molecule has 0 heterocycles. The number of carbonyl (C=O) groups excluding carboxylic acids is 1. The molecule has 1 aliphatic rings. The second-order valence-corrected chi connectivity index (χ2v) is 4.36. The van der Waals surface area contributed by atoms with E-state index in [0.717, 1.165) is 41.3 Å². The average Bonchev–Trinajstić information content (AvgIpc) is 3.00. The third-order valence-electron chi connectivity index (χ3n) is 2.78. The van der Waals surface area contributed by atoms with Crippen LogP contribution in [-0.4, -0.2) is 12.9 Å². The van der Waals surface area contributed by atoms with Crippen molar-refractivity contribution in [2.45, 2.75) is 26.7 Å². The molecule has 2 heteroatoms. The molecule has 80 valence electrons. The number of benzene rings is 1. The zero-order chi connectivity index (χ0) is 10.8. The Bertz CT molecular complexity index is 355. The lowest BCUT2D eigenvalue weighted by Gasteiger charge is -2.12. The average molecular weight is 204 g/mol. The van der Waals surface area contributed by atoms with Gasteiger partial charge in [0.1, 0.15) is 12.0 Å². The molecule has 1 saturated carbocycles. The molecule has 0 amide bonds. The van der Waals surface area contributed by atoms with Crippen LogP contribution in [0.5, 0.6) is 5.75 Å². The van der Waals surface area contributed by atoms with Crippen molar-refractivity contribution >= 4 is 6.29 Å². The van der Waals surface area contributed by atoms with Crippen LogP contribution in [-0.2, 0) is 0 Å². The first-order valence-corrected chi connectivity index (χ1v) is 5.40. The van der Waals surface area contributed by atoms with Crippen LogP contribution in [0.2, 0.25) is 0 Å². The lowest BCUT2D eigenvalue weighted by Crippen LogP contribution is -2.02. The van der Waals surface area contributed by atoms with Gasteiger partial charge in [-0.3, -0.25) is 4.79 Å². The molecule has 0 saturated heterocycles. The van der Waals surface area contributed by atoms with Gasteiger partial charge in [0.15, 0.2) is 0 Å². The highest BCUT2D eigenvalue weighted by Crippen LogP contribution is 2.31. The minimum atomic E-state index is 0.726. The topological polar surface area (TPSA) is 26.3 Å². The number of hydrogen-bond donors (Lipinski definition) is 0. The van der Waals surface area contributed by atoms with E-state index < -0.39 is 0 Å². The Kier molecular flexibility index (Phi) is 2.76. The molecule has 1 aliphatic carbocycles. The summed E-state index contributed by atoms with van der Waals surface area (Å²) in [5.74, 6) is 1.71. The Morgan fingerprint density at radius 3 is 2.40 bits per heavy atom. The van der Waals surface area contributed by atoms with Crippen molar-refractivity contribution in [3.63, 3.8) is 0 Å². The molecule has 0 atom stereocenters. The summed E-state index contributed by atoms with van der Waals surface area (Å²) < 4.78 is 5.78. The van der Waals surface area contributed by atoms with Gasteiger partial charge in [-0.1, -0.05) is 0 Å². The summed E-state index contributed by atoms with van der Waals surface area (Å²) in [5.41, 5.74) is 2.83. The fourth-order valence-electron chi connectivity index (χ4n) is 1.77. The number of hydrogen-bond acceptors (Lipinski definition) is 2. The molecule has 1 fully saturated rings. The van der Waals surface area contributed by atoms with E-state index in [4.69, 9.17) is 4.74 Å². The van der Waals surface area contributed by atoms with Gasteiger partial charge in [-0.25, -0.2) is 0 Å². The molecule has 1 aromatic rings. The summed E-state index contributed by atoms with van der Waals surface area (Å²) in [6, 6.07) is 3.75. The van der Waals surface area contributed by atoms with Crippen LogP contribution in [0.3, 0.4) is 0 Å². The monoisotopic (exact) mass is 204 g/mol. The molecule has 2 rings (SSSR count). The van der Waals surface area contributed by atoms with Crippen molar-refractivity contribution in [1.82, 2.24) is 0 Å².